The average Bonchev–Trinajstić information content (AvgIpc) is 2.59. The smallest absolute Gasteiger partial charge is 0.0809 e. The Morgan fingerprint density at radius 2 is 2.36 bits per heavy atom. The van der Waals surface area contributed by atoms with Crippen LogP contribution in [0, 0.1) is 0 Å². The van der Waals surface area contributed by atoms with Crippen LogP contribution in [0.1, 0.15) is 11.8 Å². The summed E-state index contributed by atoms with van der Waals surface area (Å²) in [7, 11) is 0. The zero-order valence-electron chi connectivity index (χ0n) is 7.79. The number of aromatic nitrogens is 1. The molecular weight excluding hydrogens is 262 g/mol. The number of hydrogen-bond donors (Lipinski definition) is 0. The molecule has 0 saturated carbocycles. The summed E-state index contributed by atoms with van der Waals surface area (Å²) < 4.78 is 7.62. The highest BCUT2D eigenvalue weighted by molar-refractivity contribution is 9.10. The van der Waals surface area contributed by atoms with Crippen LogP contribution < -0.4 is 0 Å². The molecule has 2 nitrogen and oxygen atoms in total. The van der Waals surface area contributed by atoms with Crippen molar-refractivity contribution >= 4 is 37.4 Å². The van der Waals surface area contributed by atoms with Crippen molar-refractivity contribution in [2.24, 2.45) is 0 Å². The van der Waals surface area contributed by atoms with Gasteiger partial charge in [-0.25, -0.2) is 0 Å². The van der Waals surface area contributed by atoms with Crippen molar-refractivity contribution in [3.05, 3.63) is 27.8 Å². The van der Waals surface area contributed by atoms with Gasteiger partial charge in [0.15, 0.2) is 0 Å². The maximum Gasteiger partial charge on any atom is 0.0809 e. The van der Waals surface area contributed by atoms with Crippen LogP contribution in [0.5, 0.6) is 0 Å². The van der Waals surface area contributed by atoms with E-state index in [-0.39, 0.29) is 0 Å². The molecule has 0 atom stereocenters. The molecule has 0 aliphatic heterocycles. The molecule has 0 aromatic carbocycles. The summed E-state index contributed by atoms with van der Waals surface area (Å²) in [6.07, 6.45) is 3.71. The van der Waals surface area contributed by atoms with E-state index in [1.807, 2.05) is 19.3 Å². The summed E-state index contributed by atoms with van der Waals surface area (Å²) in [5.41, 5.74) is 0. The first-order chi connectivity index (χ1) is 6.81. The molecule has 0 saturated heterocycles. The van der Waals surface area contributed by atoms with Gasteiger partial charge in [0.2, 0.25) is 0 Å². The first-order valence-electron chi connectivity index (χ1n) is 4.41. The van der Waals surface area contributed by atoms with Gasteiger partial charge < -0.3 is 4.74 Å². The molecule has 4 heteroatoms. The van der Waals surface area contributed by atoms with E-state index in [1.54, 1.807) is 11.3 Å². The van der Waals surface area contributed by atoms with E-state index in [9.17, 15) is 0 Å². The lowest BCUT2D eigenvalue weighted by molar-refractivity contribution is 0.136. The second-order valence-corrected chi connectivity index (χ2v) is 4.91. The van der Waals surface area contributed by atoms with E-state index < -0.39 is 0 Å². The fourth-order valence-corrected chi connectivity index (χ4v) is 2.83. The van der Waals surface area contributed by atoms with Crippen molar-refractivity contribution < 1.29 is 4.74 Å². The Morgan fingerprint density at radius 3 is 3.07 bits per heavy atom. The zero-order chi connectivity index (χ0) is 9.97. The Labute approximate surface area is 95.0 Å². The molecule has 2 rings (SSSR count). The summed E-state index contributed by atoms with van der Waals surface area (Å²) in [5.74, 6) is 0. The van der Waals surface area contributed by atoms with Gasteiger partial charge in [0, 0.05) is 33.7 Å². The van der Waals surface area contributed by atoms with Gasteiger partial charge in [-0.05, 0) is 28.9 Å². The highest BCUT2D eigenvalue weighted by atomic mass is 79.9. The highest BCUT2D eigenvalue weighted by Crippen LogP contribution is 2.30. The number of thiophene rings is 1. The number of halogens is 1. The molecule has 0 N–H and O–H groups in total. The molecule has 0 bridgehead atoms. The van der Waals surface area contributed by atoms with Crippen LogP contribution in [0.15, 0.2) is 22.9 Å². The van der Waals surface area contributed by atoms with Crippen molar-refractivity contribution in [3.8, 4) is 0 Å². The lowest BCUT2D eigenvalue weighted by atomic mass is 10.3. The fraction of sp³-hybridized carbons (Fsp3) is 0.300. The van der Waals surface area contributed by atoms with Gasteiger partial charge in [0.25, 0.3) is 0 Å². The van der Waals surface area contributed by atoms with Crippen LogP contribution in [0.4, 0.5) is 0 Å². The van der Waals surface area contributed by atoms with E-state index >= 15 is 0 Å². The predicted octanol–water partition coefficient (Wildman–Crippen LogP) is 3.60. The van der Waals surface area contributed by atoms with Gasteiger partial charge in [-0.15, -0.1) is 11.3 Å². The fourth-order valence-electron chi connectivity index (χ4n) is 1.25. The second kappa shape index (κ2) is 4.38. The van der Waals surface area contributed by atoms with E-state index in [1.165, 1.54) is 15.0 Å². The summed E-state index contributed by atoms with van der Waals surface area (Å²) in [6, 6.07) is 2.15. The third-order valence-electron chi connectivity index (χ3n) is 1.90. The molecule has 0 unspecified atom stereocenters. The normalized spacial score (nSPS) is 11.0. The van der Waals surface area contributed by atoms with Crippen LogP contribution in [0.2, 0.25) is 0 Å². The Morgan fingerprint density at radius 1 is 1.50 bits per heavy atom. The molecule has 0 spiro atoms. The Balaban J connectivity index is 2.36. The largest absolute Gasteiger partial charge is 0.376 e. The van der Waals surface area contributed by atoms with Gasteiger partial charge in [0.1, 0.15) is 0 Å². The van der Waals surface area contributed by atoms with Crippen molar-refractivity contribution in [1.82, 2.24) is 4.98 Å². The van der Waals surface area contributed by atoms with E-state index in [2.05, 4.69) is 27.0 Å². The van der Waals surface area contributed by atoms with Crippen molar-refractivity contribution in [2.45, 2.75) is 13.5 Å². The van der Waals surface area contributed by atoms with Gasteiger partial charge in [0.05, 0.1) is 11.3 Å². The number of pyridine rings is 1. The van der Waals surface area contributed by atoms with Crippen LogP contribution >= 0.6 is 27.3 Å². The summed E-state index contributed by atoms with van der Waals surface area (Å²) >= 11 is 5.22. The van der Waals surface area contributed by atoms with Crippen molar-refractivity contribution in [3.63, 3.8) is 0 Å². The molecule has 2 aromatic rings. The standard InChI is InChI=1S/C10H10BrNOS/c1-2-13-6-7-3-8-9(11)4-12-5-10(8)14-7/h3-5H,2,6H2,1H3. The SMILES string of the molecule is CCOCc1cc2c(Br)cncc2s1. The maximum atomic E-state index is 5.36. The third kappa shape index (κ3) is 1.97. The maximum absolute atomic E-state index is 5.36. The average molecular weight is 272 g/mol. The number of ether oxygens (including phenoxy) is 1. The Bertz CT molecular complexity index is 441. The first-order valence-corrected chi connectivity index (χ1v) is 6.02. The molecule has 0 amide bonds. The highest BCUT2D eigenvalue weighted by Gasteiger charge is 2.04. The minimum atomic E-state index is 0.697. The minimum absolute atomic E-state index is 0.697. The number of hydrogen-bond acceptors (Lipinski definition) is 3. The molecule has 0 aliphatic carbocycles. The molecule has 2 heterocycles. The molecular formula is C10H10BrNOS. The lowest BCUT2D eigenvalue weighted by Crippen LogP contribution is -1.87. The van der Waals surface area contributed by atoms with Crippen molar-refractivity contribution in [2.75, 3.05) is 6.61 Å². The quantitative estimate of drug-likeness (QED) is 0.851. The second-order valence-electron chi connectivity index (χ2n) is 2.88. The predicted molar refractivity (Wildman–Crippen MR) is 62.7 cm³/mol. The van der Waals surface area contributed by atoms with Crippen LogP contribution in [-0.2, 0) is 11.3 Å². The van der Waals surface area contributed by atoms with Gasteiger partial charge in [-0.3, -0.25) is 4.98 Å². The summed E-state index contributed by atoms with van der Waals surface area (Å²) in [4.78, 5) is 5.37. The van der Waals surface area contributed by atoms with E-state index in [4.69, 9.17) is 4.74 Å². The molecule has 14 heavy (non-hydrogen) atoms. The van der Waals surface area contributed by atoms with Crippen LogP contribution in [0.25, 0.3) is 10.1 Å². The molecule has 0 radical (unpaired) electrons. The first kappa shape index (κ1) is 10.1. The molecule has 0 aliphatic rings. The number of rotatable bonds is 3. The van der Waals surface area contributed by atoms with E-state index in [0.29, 0.717) is 6.61 Å². The Hall–Kier alpha value is -0.450. The van der Waals surface area contributed by atoms with Gasteiger partial charge in [-0.1, -0.05) is 0 Å². The Kier molecular flexibility index (Phi) is 3.15. The summed E-state index contributed by atoms with van der Waals surface area (Å²) in [5, 5.41) is 1.22. The number of fused-ring (bicyclic) bond motifs is 1. The number of nitrogens with zero attached hydrogens (tertiary/aromatic N) is 1. The minimum Gasteiger partial charge on any atom is -0.376 e. The topological polar surface area (TPSA) is 22.1 Å². The summed E-state index contributed by atoms with van der Waals surface area (Å²) in [6.45, 7) is 3.46. The molecule has 74 valence electrons. The van der Waals surface area contributed by atoms with Crippen LogP contribution in [-0.4, -0.2) is 11.6 Å². The third-order valence-corrected chi connectivity index (χ3v) is 3.57. The van der Waals surface area contributed by atoms with Gasteiger partial charge >= 0.3 is 0 Å². The molecule has 2 aromatic heterocycles. The lowest BCUT2D eigenvalue weighted by Gasteiger charge is -1.94. The van der Waals surface area contributed by atoms with E-state index in [0.717, 1.165) is 11.1 Å². The zero-order valence-corrected chi connectivity index (χ0v) is 10.2. The molecule has 0 fully saturated rings. The van der Waals surface area contributed by atoms with Crippen molar-refractivity contribution in [1.29, 1.82) is 0 Å². The van der Waals surface area contributed by atoms with Gasteiger partial charge in [-0.2, -0.15) is 0 Å². The monoisotopic (exact) mass is 271 g/mol. The van der Waals surface area contributed by atoms with Crippen LogP contribution in [0.3, 0.4) is 0 Å².